The molecular formula is C17H21Cl2NOS. The van der Waals surface area contributed by atoms with E-state index in [1.54, 1.807) is 7.11 Å². The molecule has 0 aliphatic carbocycles. The van der Waals surface area contributed by atoms with Crippen molar-refractivity contribution in [2.45, 2.75) is 49.0 Å². The second-order valence-electron chi connectivity index (χ2n) is 6.03. The van der Waals surface area contributed by atoms with Crippen molar-refractivity contribution < 1.29 is 4.84 Å². The molecule has 1 aromatic carbocycles. The number of hydrogen-bond donors (Lipinski definition) is 0. The van der Waals surface area contributed by atoms with Gasteiger partial charge in [-0.1, -0.05) is 41.3 Å². The molecule has 2 bridgehead atoms. The van der Waals surface area contributed by atoms with Crippen LogP contribution >= 0.6 is 35.0 Å². The van der Waals surface area contributed by atoms with Gasteiger partial charge in [0.2, 0.25) is 0 Å². The molecule has 2 heterocycles. The largest absolute Gasteiger partial charge is 0.399 e. The van der Waals surface area contributed by atoms with E-state index in [1.807, 2.05) is 12.1 Å². The Balaban J connectivity index is 1.98. The molecule has 0 spiro atoms. The molecule has 2 saturated heterocycles. The summed E-state index contributed by atoms with van der Waals surface area (Å²) in [6.07, 6.45) is 4.71. The van der Waals surface area contributed by atoms with Crippen molar-refractivity contribution in [1.82, 2.24) is 0 Å². The maximum Gasteiger partial charge on any atom is 0.106 e. The van der Waals surface area contributed by atoms with Crippen molar-refractivity contribution in [2.24, 2.45) is 11.1 Å². The molecule has 4 atom stereocenters. The summed E-state index contributed by atoms with van der Waals surface area (Å²) in [5, 5.41) is 7.02. The Labute approximate surface area is 146 Å². The Kier molecular flexibility index (Phi) is 5.26. The van der Waals surface area contributed by atoms with Gasteiger partial charge in [-0.3, -0.25) is 0 Å². The Morgan fingerprint density at radius 1 is 1.32 bits per heavy atom. The zero-order chi connectivity index (χ0) is 15.7. The summed E-state index contributed by atoms with van der Waals surface area (Å²) in [6.45, 7) is 2.16. The molecule has 0 radical (unpaired) electrons. The first-order valence-corrected chi connectivity index (χ1v) is 9.54. The summed E-state index contributed by atoms with van der Waals surface area (Å²) in [7, 11) is 1.64. The highest BCUT2D eigenvalue weighted by Crippen LogP contribution is 2.53. The SMILES string of the molecule is CCC(=NOC)[C@@H]1[C@H]2CCC(C[C@H]1c1ccc(Cl)c(Cl)c1)S2. The maximum atomic E-state index is 6.25. The normalized spacial score (nSPS) is 31.4. The van der Waals surface area contributed by atoms with E-state index in [0.717, 1.165) is 11.7 Å². The Bertz CT molecular complexity index is 578. The smallest absolute Gasteiger partial charge is 0.106 e. The van der Waals surface area contributed by atoms with Crippen LogP contribution in [0.4, 0.5) is 0 Å². The zero-order valence-electron chi connectivity index (χ0n) is 12.9. The minimum atomic E-state index is 0.436. The minimum absolute atomic E-state index is 0.436. The quantitative estimate of drug-likeness (QED) is 0.503. The van der Waals surface area contributed by atoms with Crippen LogP contribution in [-0.4, -0.2) is 23.3 Å². The summed E-state index contributed by atoms with van der Waals surface area (Å²) < 4.78 is 0. The fourth-order valence-electron chi connectivity index (χ4n) is 3.87. The fraction of sp³-hybridized carbons (Fsp3) is 0.588. The highest BCUT2D eigenvalue weighted by Gasteiger charge is 2.45. The molecule has 2 aliphatic rings. The average molecular weight is 358 g/mol. The molecule has 1 aromatic rings. The third-order valence-electron chi connectivity index (χ3n) is 4.82. The molecule has 5 heteroatoms. The van der Waals surface area contributed by atoms with E-state index < -0.39 is 0 Å². The summed E-state index contributed by atoms with van der Waals surface area (Å²) in [6, 6.07) is 6.08. The van der Waals surface area contributed by atoms with Gasteiger partial charge in [0, 0.05) is 16.4 Å². The molecule has 22 heavy (non-hydrogen) atoms. The van der Waals surface area contributed by atoms with Crippen LogP contribution in [0.1, 0.15) is 44.1 Å². The minimum Gasteiger partial charge on any atom is -0.399 e. The van der Waals surface area contributed by atoms with Crippen LogP contribution < -0.4 is 0 Å². The van der Waals surface area contributed by atoms with E-state index in [-0.39, 0.29) is 0 Å². The van der Waals surface area contributed by atoms with Crippen molar-refractivity contribution in [3.05, 3.63) is 33.8 Å². The molecule has 3 rings (SSSR count). The van der Waals surface area contributed by atoms with E-state index in [4.69, 9.17) is 28.0 Å². The van der Waals surface area contributed by atoms with Gasteiger partial charge >= 0.3 is 0 Å². The molecule has 2 fully saturated rings. The molecule has 1 unspecified atom stereocenters. The molecule has 0 aromatic heterocycles. The topological polar surface area (TPSA) is 21.6 Å². The van der Waals surface area contributed by atoms with Crippen molar-refractivity contribution in [3.8, 4) is 0 Å². The lowest BCUT2D eigenvalue weighted by molar-refractivity contribution is 0.209. The molecule has 0 saturated carbocycles. The molecule has 120 valence electrons. The highest BCUT2D eigenvalue weighted by molar-refractivity contribution is 8.00. The van der Waals surface area contributed by atoms with Gasteiger partial charge < -0.3 is 4.84 Å². The number of hydrogen-bond acceptors (Lipinski definition) is 3. The number of rotatable bonds is 4. The van der Waals surface area contributed by atoms with Gasteiger partial charge in [-0.05, 0) is 49.3 Å². The Hall–Kier alpha value is -0.380. The number of benzene rings is 1. The van der Waals surface area contributed by atoms with Gasteiger partial charge in [0.1, 0.15) is 7.11 Å². The van der Waals surface area contributed by atoms with Crippen molar-refractivity contribution >= 4 is 40.7 Å². The zero-order valence-corrected chi connectivity index (χ0v) is 15.2. The van der Waals surface area contributed by atoms with E-state index in [9.17, 15) is 0 Å². The number of halogens is 2. The monoisotopic (exact) mass is 357 g/mol. The fourth-order valence-corrected chi connectivity index (χ4v) is 6.05. The van der Waals surface area contributed by atoms with Gasteiger partial charge in [-0.2, -0.15) is 11.8 Å². The lowest BCUT2D eigenvalue weighted by Crippen LogP contribution is -2.34. The number of thioether (sulfide) groups is 1. The number of oxime groups is 1. The van der Waals surface area contributed by atoms with Crippen LogP contribution in [-0.2, 0) is 4.84 Å². The molecule has 0 N–H and O–H groups in total. The first kappa shape index (κ1) is 16.5. The highest BCUT2D eigenvalue weighted by atomic mass is 35.5. The molecule has 2 aliphatic heterocycles. The third-order valence-corrected chi connectivity index (χ3v) is 7.25. The van der Waals surface area contributed by atoms with Crippen LogP contribution in [0.5, 0.6) is 0 Å². The van der Waals surface area contributed by atoms with Crippen molar-refractivity contribution in [2.75, 3.05) is 7.11 Å². The average Bonchev–Trinajstić information content (AvgIpc) is 2.90. The first-order valence-electron chi connectivity index (χ1n) is 7.84. The van der Waals surface area contributed by atoms with Crippen LogP contribution in [0.3, 0.4) is 0 Å². The Morgan fingerprint density at radius 2 is 2.14 bits per heavy atom. The summed E-state index contributed by atoms with van der Waals surface area (Å²) in [4.78, 5) is 5.11. The molecule has 0 amide bonds. The van der Waals surface area contributed by atoms with Gasteiger partial charge in [-0.15, -0.1) is 0 Å². The third kappa shape index (κ3) is 3.13. The van der Waals surface area contributed by atoms with Crippen molar-refractivity contribution in [3.63, 3.8) is 0 Å². The van der Waals surface area contributed by atoms with Gasteiger partial charge in [0.05, 0.1) is 15.8 Å². The van der Waals surface area contributed by atoms with E-state index >= 15 is 0 Å². The van der Waals surface area contributed by atoms with Crippen LogP contribution in [0.25, 0.3) is 0 Å². The number of nitrogens with zero attached hydrogens (tertiary/aromatic N) is 1. The van der Waals surface area contributed by atoms with E-state index in [1.165, 1.54) is 30.5 Å². The predicted molar refractivity (Wildman–Crippen MR) is 96.4 cm³/mol. The van der Waals surface area contributed by atoms with E-state index in [2.05, 4.69) is 29.9 Å². The lowest BCUT2D eigenvalue weighted by atomic mass is 9.78. The second-order valence-corrected chi connectivity index (χ2v) is 8.39. The van der Waals surface area contributed by atoms with Crippen LogP contribution in [0.2, 0.25) is 10.0 Å². The van der Waals surface area contributed by atoms with Gasteiger partial charge in [0.15, 0.2) is 0 Å². The van der Waals surface area contributed by atoms with Crippen molar-refractivity contribution in [1.29, 1.82) is 0 Å². The molecule has 2 nitrogen and oxygen atoms in total. The summed E-state index contributed by atoms with van der Waals surface area (Å²) >= 11 is 14.5. The predicted octanol–water partition coefficient (Wildman–Crippen LogP) is 5.77. The lowest BCUT2D eigenvalue weighted by Gasteiger charge is -2.37. The van der Waals surface area contributed by atoms with Crippen LogP contribution in [0.15, 0.2) is 23.4 Å². The first-order chi connectivity index (χ1) is 10.6. The summed E-state index contributed by atoms with van der Waals surface area (Å²) in [5.74, 6) is 0.897. The van der Waals surface area contributed by atoms with Gasteiger partial charge in [-0.25, -0.2) is 0 Å². The van der Waals surface area contributed by atoms with E-state index in [0.29, 0.717) is 27.1 Å². The Morgan fingerprint density at radius 3 is 2.82 bits per heavy atom. The summed E-state index contributed by atoms with van der Waals surface area (Å²) in [5.41, 5.74) is 2.46. The maximum absolute atomic E-state index is 6.25. The standard InChI is InChI=1S/C17H21Cl2NOS/c1-3-15(20-21-2)17-12(9-11-5-7-16(17)22-11)10-4-6-13(18)14(19)8-10/h4,6,8,11-12,16-17H,3,5,7,9H2,1-2H3/t11?,12-,16+,17+/m0/s1. The second kappa shape index (κ2) is 7.02. The molecular weight excluding hydrogens is 337 g/mol. The van der Waals surface area contributed by atoms with Crippen LogP contribution in [0, 0.1) is 5.92 Å². The number of fused-ring (bicyclic) bond motifs is 2. The van der Waals surface area contributed by atoms with Gasteiger partial charge in [0.25, 0.3) is 0 Å².